The summed E-state index contributed by atoms with van der Waals surface area (Å²) in [5.74, 6) is 1.03. The first kappa shape index (κ1) is 25.1. The number of carbonyl (C=O) groups excluding carboxylic acids is 1. The second kappa shape index (κ2) is 10.7. The Morgan fingerprint density at radius 1 is 1.14 bits per heavy atom. The van der Waals surface area contributed by atoms with Gasteiger partial charge in [-0.3, -0.25) is 13.9 Å². The summed E-state index contributed by atoms with van der Waals surface area (Å²) in [5, 5.41) is 23.9. The van der Waals surface area contributed by atoms with Crippen molar-refractivity contribution in [2.45, 2.75) is 38.4 Å². The van der Waals surface area contributed by atoms with E-state index >= 15 is 0 Å². The van der Waals surface area contributed by atoms with Gasteiger partial charge in [0.05, 0.1) is 19.5 Å². The Labute approximate surface area is 201 Å². The molecule has 1 aliphatic rings. The van der Waals surface area contributed by atoms with Gasteiger partial charge in [-0.2, -0.15) is 0 Å². The fourth-order valence-electron chi connectivity index (χ4n) is 3.65. The summed E-state index contributed by atoms with van der Waals surface area (Å²) >= 11 is 0. The SMILES string of the molecule is CCOP(=O)(C=C[C@H]1O[C@@H](n2cnc3c(NC(=O)c4ccccc4)ncnc32)[C@H](O)[C@@H]1O)OCC. The maximum atomic E-state index is 12.7. The van der Waals surface area contributed by atoms with E-state index < -0.39 is 32.1 Å². The molecule has 35 heavy (non-hydrogen) atoms. The standard InChI is InChI=1S/C22H26N5O7P/c1-3-32-35(31,33-4-2)11-10-15-17(28)18(29)22(34-15)27-13-25-16-19(23-12-24-20(16)27)26-21(30)14-8-6-5-7-9-14/h5-13,15,17-18,22,28-29H,3-4H2,1-2H3,(H,23,24,26,30)/t15-,17-,18-,22-/m1/s1. The van der Waals surface area contributed by atoms with Gasteiger partial charge in [-0.15, -0.1) is 0 Å². The molecule has 12 nitrogen and oxygen atoms in total. The number of hydrogen-bond donors (Lipinski definition) is 3. The Hall–Kier alpha value is -2.99. The van der Waals surface area contributed by atoms with Crippen molar-refractivity contribution in [3.05, 3.63) is 60.4 Å². The number of aliphatic hydroxyl groups excluding tert-OH is 2. The van der Waals surface area contributed by atoms with Crippen LogP contribution in [0.25, 0.3) is 11.2 Å². The van der Waals surface area contributed by atoms with E-state index in [-0.39, 0.29) is 36.1 Å². The molecule has 3 aromatic rings. The van der Waals surface area contributed by atoms with E-state index in [4.69, 9.17) is 13.8 Å². The fourth-order valence-corrected chi connectivity index (χ4v) is 4.99. The first-order valence-electron chi connectivity index (χ1n) is 11.0. The summed E-state index contributed by atoms with van der Waals surface area (Å²) in [6.07, 6.45) is -0.773. The number of carbonyl (C=O) groups is 1. The first-order chi connectivity index (χ1) is 16.9. The Bertz CT molecular complexity index is 1240. The second-order valence-electron chi connectivity index (χ2n) is 7.56. The zero-order valence-corrected chi connectivity index (χ0v) is 20.0. The topological polar surface area (TPSA) is 158 Å². The van der Waals surface area contributed by atoms with Crippen LogP contribution in [-0.4, -0.2) is 67.2 Å². The van der Waals surface area contributed by atoms with Crippen molar-refractivity contribution in [2.24, 2.45) is 0 Å². The van der Waals surface area contributed by atoms with Crippen LogP contribution in [0.5, 0.6) is 0 Å². The molecule has 1 amide bonds. The number of benzene rings is 1. The van der Waals surface area contributed by atoms with E-state index in [0.717, 1.165) is 0 Å². The molecule has 1 fully saturated rings. The summed E-state index contributed by atoms with van der Waals surface area (Å²) < 4.78 is 30.4. The van der Waals surface area contributed by atoms with Gasteiger partial charge >= 0.3 is 7.60 Å². The Balaban J connectivity index is 1.57. The quantitative estimate of drug-likeness (QED) is 0.371. The molecule has 1 saturated heterocycles. The smallest absolute Gasteiger partial charge is 0.353 e. The van der Waals surface area contributed by atoms with Gasteiger partial charge in [-0.1, -0.05) is 18.2 Å². The molecule has 2 aromatic heterocycles. The highest BCUT2D eigenvalue weighted by molar-refractivity contribution is 7.57. The maximum absolute atomic E-state index is 12.7. The lowest BCUT2D eigenvalue weighted by molar-refractivity contribution is -0.0244. The minimum Gasteiger partial charge on any atom is -0.387 e. The number of nitrogens with zero attached hydrogens (tertiary/aromatic N) is 4. The van der Waals surface area contributed by atoms with E-state index in [1.807, 2.05) is 0 Å². The highest BCUT2D eigenvalue weighted by atomic mass is 31.2. The molecular weight excluding hydrogens is 477 g/mol. The molecule has 0 saturated carbocycles. The number of rotatable bonds is 9. The number of ether oxygens (including phenoxy) is 1. The minimum atomic E-state index is -3.52. The van der Waals surface area contributed by atoms with Gasteiger partial charge in [0.1, 0.15) is 24.6 Å². The average Bonchev–Trinajstić information content (AvgIpc) is 3.40. The molecule has 1 aliphatic heterocycles. The van der Waals surface area contributed by atoms with Crippen LogP contribution in [0.1, 0.15) is 30.4 Å². The van der Waals surface area contributed by atoms with Crippen LogP contribution < -0.4 is 5.32 Å². The Kier molecular flexibility index (Phi) is 7.70. The summed E-state index contributed by atoms with van der Waals surface area (Å²) in [6, 6.07) is 8.63. The summed E-state index contributed by atoms with van der Waals surface area (Å²) in [5.41, 5.74) is 0.999. The third-order valence-electron chi connectivity index (χ3n) is 5.25. The molecule has 1 aromatic carbocycles. The van der Waals surface area contributed by atoms with Crippen LogP contribution in [-0.2, 0) is 18.3 Å². The van der Waals surface area contributed by atoms with E-state index in [2.05, 4.69) is 20.3 Å². The number of hydrogen-bond acceptors (Lipinski definition) is 10. The van der Waals surface area contributed by atoms with E-state index in [1.165, 1.54) is 29.1 Å². The largest absolute Gasteiger partial charge is 0.387 e. The van der Waals surface area contributed by atoms with Crippen LogP contribution in [0.15, 0.2) is 54.9 Å². The van der Waals surface area contributed by atoms with E-state index in [1.54, 1.807) is 44.2 Å². The lowest BCUT2D eigenvalue weighted by Gasteiger charge is -2.16. The third kappa shape index (κ3) is 5.32. The Morgan fingerprint density at radius 2 is 1.86 bits per heavy atom. The summed E-state index contributed by atoms with van der Waals surface area (Å²) in [4.78, 5) is 25.1. The average molecular weight is 503 g/mol. The van der Waals surface area contributed by atoms with Crippen molar-refractivity contribution in [1.82, 2.24) is 19.5 Å². The molecule has 0 spiro atoms. The number of nitrogens with one attached hydrogen (secondary N) is 1. The number of aromatic nitrogens is 4. The zero-order chi connectivity index (χ0) is 25.0. The maximum Gasteiger partial charge on any atom is 0.353 e. The van der Waals surface area contributed by atoms with E-state index in [0.29, 0.717) is 5.56 Å². The van der Waals surface area contributed by atoms with Crippen LogP contribution in [0.4, 0.5) is 5.82 Å². The van der Waals surface area contributed by atoms with Crippen molar-refractivity contribution in [3.63, 3.8) is 0 Å². The predicted octanol–water partition coefficient (Wildman–Crippen LogP) is 2.48. The molecule has 3 N–H and O–H groups in total. The highest BCUT2D eigenvalue weighted by Gasteiger charge is 2.43. The molecule has 13 heteroatoms. The summed E-state index contributed by atoms with van der Waals surface area (Å²) in [6.45, 7) is 3.71. The van der Waals surface area contributed by atoms with Gasteiger partial charge in [0.25, 0.3) is 5.91 Å². The molecule has 0 bridgehead atoms. The number of amides is 1. The predicted molar refractivity (Wildman–Crippen MR) is 126 cm³/mol. The van der Waals surface area contributed by atoms with Gasteiger partial charge in [0, 0.05) is 11.4 Å². The fraction of sp³-hybridized carbons (Fsp3) is 0.364. The highest BCUT2D eigenvalue weighted by Crippen LogP contribution is 2.50. The first-order valence-corrected chi connectivity index (χ1v) is 12.6. The summed E-state index contributed by atoms with van der Waals surface area (Å²) in [7, 11) is -3.52. The monoisotopic (exact) mass is 503 g/mol. The second-order valence-corrected chi connectivity index (χ2v) is 9.45. The van der Waals surface area contributed by atoms with Crippen molar-refractivity contribution < 1.29 is 33.4 Å². The van der Waals surface area contributed by atoms with Gasteiger partial charge in [0.15, 0.2) is 23.2 Å². The van der Waals surface area contributed by atoms with E-state index in [9.17, 15) is 19.6 Å². The molecule has 4 rings (SSSR count). The molecule has 0 radical (unpaired) electrons. The number of aliphatic hydroxyl groups is 2. The third-order valence-corrected chi connectivity index (χ3v) is 7.03. The molecular formula is C22H26N5O7P. The molecule has 186 valence electrons. The lowest BCUT2D eigenvalue weighted by Crippen LogP contribution is -2.30. The molecule has 3 heterocycles. The van der Waals surface area contributed by atoms with Gasteiger partial charge < -0.3 is 29.3 Å². The zero-order valence-electron chi connectivity index (χ0n) is 19.1. The number of fused-ring (bicyclic) bond motifs is 1. The number of anilines is 1. The van der Waals surface area contributed by atoms with Crippen molar-refractivity contribution in [3.8, 4) is 0 Å². The molecule has 0 unspecified atom stereocenters. The molecule has 4 atom stereocenters. The van der Waals surface area contributed by atoms with Crippen molar-refractivity contribution >= 4 is 30.5 Å². The van der Waals surface area contributed by atoms with Crippen LogP contribution in [0, 0.1) is 0 Å². The van der Waals surface area contributed by atoms with Crippen molar-refractivity contribution in [2.75, 3.05) is 18.5 Å². The van der Waals surface area contributed by atoms with Crippen molar-refractivity contribution in [1.29, 1.82) is 0 Å². The van der Waals surface area contributed by atoms with Crippen LogP contribution in [0.2, 0.25) is 0 Å². The van der Waals surface area contributed by atoms with Gasteiger partial charge in [-0.05, 0) is 32.1 Å². The minimum absolute atomic E-state index is 0.171. The Morgan fingerprint density at radius 3 is 2.54 bits per heavy atom. The van der Waals surface area contributed by atoms with Gasteiger partial charge in [0.2, 0.25) is 0 Å². The normalized spacial score (nSPS) is 22.7. The van der Waals surface area contributed by atoms with Crippen LogP contribution in [0.3, 0.4) is 0 Å². The molecule has 0 aliphatic carbocycles. The number of imidazole rings is 1. The van der Waals surface area contributed by atoms with Gasteiger partial charge in [-0.25, -0.2) is 15.0 Å². The lowest BCUT2D eigenvalue weighted by atomic mass is 10.1. The van der Waals surface area contributed by atoms with Crippen LogP contribution >= 0.6 is 7.60 Å².